The smallest absolute Gasteiger partial charge is 0.136 e. The van der Waals surface area contributed by atoms with Crippen molar-refractivity contribution in [2.24, 2.45) is 34.5 Å². The monoisotopic (exact) mass is 361 g/mol. The van der Waals surface area contributed by atoms with E-state index in [-0.39, 0.29) is 10.8 Å². The maximum Gasteiger partial charge on any atom is 0.136 e. The molecule has 0 bridgehead atoms. The zero-order valence-electron chi connectivity index (χ0n) is 16.9. The van der Waals surface area contributed by atoms with E-state index in [0.717, 1.165) is 24.7 Å². The van der Waals surface area contributed by atoms with Crippen LogP contribution in [0.3, 0.4) is 0 Å². The molecule has 6 atom stereocenters. The van der Waals surface area contributed by atoms with Crippen molar-refractivity contribution in [2.45, 2.75) is 59.3 Å². The van der Waals surface area contributed by atoms with Crippen molar-refractivity contribution in [2.75, 3.05) is 0 Å². The number of nitrogens with zero attached hydrogens (tertiary/aromatic N) is 1. The molecule has 0 saturated heterocycles. The van der Waals surface area contributed by atoms with Gasteiger partial charge in [-0.1, -0.05) is 44.6 Å². The minimum absolute atomic E-state index is 0.253. The van der Waals surface area contributed by atoms with Gasteiger partial charge in [-0.25, -0.2) is 0 Å². The van der Waals surface area contributed by atoms with Gasteiger partial charge in [0.25, 0.3) is 0 Å². The van der Waals surface area contributed by atoms with Gasteiger partial charge in [0.15, 0.2) is 0 Å². The fraction of sp³-hybridized carbons (Fsp3) is 0.600. The minimum Gasteiger partial charge on any atom is -0.299 e. The summed E-state index contributed by atoms with van der Waals surface area (Å²) in [6, 6.07) is 4.30. The molecule has 1 aromatic heterocycles. The van der Waals surface area contributed by atoms with Crippen molar-refractivity contribution in [3.8, 4) is 0 Å². The van der Waals surface area contributed by atoms with Gasteiger partial charge in [-0.3, -0.25) is 9.78 Å². The molecule has 142 valence electrons. The number of pyridine rings is 1. The predicted octanol–water partition coefficient (Wildman–Crippen LogP) is 5.85. The third-order valence-electron chi connectivity index (χ3n) is 8.82. The third-order valence-corrected chi connectivity index (χ3v) is 8.82. The second-order valence-electron chi connectivity index (χ2n) is 10.0. The summed E-state index contributed by atoms with van der Waals surface area (Å²) in [6.45, 7) is 7.40. The minimum atomic E-state index is 0.253. The largest absolute Gasteiger partial charge is 0.299 e. The van der Waals surface area contributed by atoms with Crippen LogP contribution in [0.2, 0.25) is 0 Å². The standard InChI is InChI=1S/C25H31NO/c1-16-13-18-14-19(27)8-10-24(18,2)22-9-11-25(3)20(6-7-21(25)23(16)22)17-5-4-12-26-15-17/h4-6,12-13,15-16,21-23H,7-11,14H2,1-3H3/t16-,21-,22-,23-,24-,25+/m0/s1. The van der Waals surface area contributed by atoms with Crippen molar-refractivity contribution >= 4 is 11.4 Å². The SMILES string of the molecule is C[C@H]1C=C2CC(=O)CC[C@]2(C)[C@H]2CC[C@]3(C)C(c4cccnc4)=CC[C@H]3[C@H]12. The van der Waals surface area contributed by atoms with Crippen LogP contribution in [0.15, 0.2) is 42.3 Å². The molecule has 0 spiro atoms. The Morgan fingerprint density at radius 3 is 2.78 bits per heavy atom. The molecule has 5 rings (SSSR count). The number of ketones is 1. The Kier molecular flexibility index (Phi) is 3.80. The van der Waals surface area contributed by atoms with E-state index < -0.39 is 0 Å². The van der Waals surface area contributed by atoms with E-state index in [1.54, 1.807) is 0 Å². The lowest BCUT2D eigenvalue weighted by Crippen LogP contribution is -2.51. The summed E-state index contributed by atoms with van der Waals surface area (Å²) in [5.74, 6) is 3.21. The van der Waals surface area contributed by atoms with E-state index in [9.17, 15) is 4.79 Å². The highest BCUT2D eigenvalue weighted by Crippen LogP contribution is 2.67. The number of rotatable bonds is 1. The Labute approximate surface area is 163 Å². The summed E-state index contributed by atoms with van der Waals surface area (Å²) in [4.78, 5) is 16.5. The van der Waals surface area contributed by atoms with E-state index >= 15 is 0 Å². The van der Waals surface area contributed by atoms with Crippen LogP contribution in [-0.2, 0) is 4.79 Å². The highest BCUT2D eigenvalue weighted by molar-refractivity contribution is 5.82. The average molecular weight is 362 g/mol. The van der Waals surface area contributed by atoms with E-state index in [0.29, 0.717) is 24.0 Å². The van der Waals surface area contributed by atoms with Crippen LogP contribution in [0.1, 0.15) is 64.9 Å². The quantitative estimate of drug-likeness (QED) is 0.587. The third kappa shape index (κ3) is 2.38. The zero-order valence-corrected chi connectivity index (χ0v) is 16.9. The summed E-state index contributed by atoms with van der Waals surface area (Å²) in [5.41, 5.74) is 4.84. The molecule has 0 amide bonds. The zero-order chi connectivity index (χ0) is 18.8. The number of aromatic nitrogens is 1. The maximum atomic E-state index is 12.1. The molecule has 2 nitrogen and oxygen atoms in total. The molecule has 0 aromatic carbocycles. The van der Waals surface area contributed by atoms with Crippen LogP contribution in [-0.4, -0.2) is 10.8 Å². The Morgan fingerprint density at radius 1 is 1.15 bits per heavy atom. The molecule has 2 fully saturated rings. The Hall–Kier alpha value is -1.70. The number of carbonyl (C=O) groups is 1. The topological polar surface area (TPSA) is 30.0 Å². The summed E-state index contributed by atoms with van der Waals surface area (Å²) >= 11 is 0. The van der Waals surface area contributed by atoms with Crippen LogP contribution in [0.25, 0.3) is 5.57 Å². The second-order valence-corrected chi connectivity index (χ2v) is 10.0. The molecule has 0 radical (unpaired) electrons. The average Bonchev–Trinajstić information content (AvgIpc) is 3.01. The van der Waals surface area contributed by atoms with E-state index in [2.05, 4.69) is 50.0 Å². The first kappa shape index (κ1) is 17.4. The first-order valence-electron chi connectivity index (χ1n) is 10.8. The van der Waals surface area contributed by atoms with Gasteiger partial charge in [0.2, 0.25) is 0 Å². The van der Waals surface area contributed by atoms with Gasteiger partial charge >= 0.3 is 0 Å². The van der Waals surface area contributed by atoms with Gasteiger partial charge < -0.3 is 0 Å². The van der Waals surface area contributed by atoms with Crippen molar-refractivity contribution in [3.05, 3.63) is 47.8 Å². The lowest BCUT2D eigenvalue weighted by atomic mass is 9.45. The van der Waals surface area contributed by atoms with Crippen molar-refractivity contribution < 1.29 is 4.79 Å². The molecule has 4 aliphatic rings. The van der Waals surface area contributed by atoms with Crippen molar-refractivity contribution in [1.82, 2.24) is 4.98 Å². The fourth-order valence-corrected chi connectivity index (χ4v) is 7.38. The van der Waals surface area contributed by atoms with Crippen molar-refractivity contribution in [1.29, 1.82) is 0 Å². The molecular formula is C25H31NO. The molecule has 4 aliphatic carbocycles. The van der Waals surface area contributed by atoms with Crippen LogP contribution >= 0.6 is 0 Å². The molecule has 0 N–H and O–H groups in total. The highest BCUT2D eigenvalue weighted by atomic mass is 16.1. The Morgan fingerprint density at radius 2 is 2.00 bits per heavy atom. The summed E-state index contributed by atoms with van der Waals surface area (Å²) in [6.07, 6.45) is 15.3. The Bertz CT molecular complexity index is 837. The molecule has 2 saturated carbocycles. The summed E-state index contributed by atoms with van der Waals surface area (Å²) < 4.78 is 0. The van der Waals surface area contributed by atoms with Crippen molar-refractivity contribution in [3.63, 3.8) is 0 Å². The number of carbonyl (C=O) groups excluding carboxylic acids is 1. The summed E-state index contributed by atoms with van der Waals surface area (Å²) in [5, 5.41) is 0. The number of fused-ring (bicyclic) bond motifs is 5. The van der Waals surface area contributed by atoms with Gasteiger partial charge in [-0.05, 0) is 77.4 Å². The second kappa shape index (κ2) is 5.90. The fourth-order valence-electron chi connectivity index (χ4n) is 7.38. The molecule has 2 heteroatoms. The lowest BCUT2D eigenvalue weighted by Gasteiger charge is -2.59. The lowest BCUT2D eigenvalue weighted by molar-refractivity contribution is -0.122. The molecular weight excluding hydrogens is 330 g/mol. The predicted molar refractivity (Wildman–Crippen MR) is 109 cm³/mol. The number of Topliss-reactive ketones (excluding diaryl/α,β-unsaturated/α-hetero) is 1. The molecule has 0 unspecified atom stereocenters. The van der Waals surface area contributed by atoms with E-state index in [4.69, 9.17) is 0 Å². The first-order valence-corrected chi connectivity index (χ1v) is 10.8. The van der Waals surface area contributed by atoms with Crippen LogP contribution in [0.4, 0.5) is 0 Å². The number of hydrogen-bond acceptors (Lipinski definition) is 2. The molecule has 27 heavy (non-hydrogen) atoms. The van der Waals surface area contributed by atoms with Gasteiger partial charge in [0, 0.05) is 25.2 Å². The number of hydrogen-bond donors (Lipinski definition) is 0. The number of allylic oxidation sites excluding steroid dienone is 4. The van der Waals surface area contributed by atoms with E-state index in [1.807, 2.05) is 12.4 Å². The molecule has 1 aromatic rings. The van der Waals surface area contributed by atoms with Crippen LogP contribution in [0, 0.1) is 34.5 Å². The molecule has 1 heterocycles. The van der Waals surface area contributed by atoms with Crippen LogP contribution < -0.4 is 0 Å². The maximum absolute atomic E-state index is 12.1. The first-order chi connectivity index (χ1) is 12.9. The Balaban J connectivity index is 1.52. The van der Waals surface area contributed by atoms with Gasteiger partial charge in [-0.2, -0.15) is 0 Å². The molecule has 0 aliphatic heterocycles. The normalized spacial score (nSPS) is 43.3. The van der Waals surface area contributed by atoms with E-state index in [1.165, 1.54) is 36.0 Å². The van der Waals surface area contributed by atoms with Crippen LogP contribution in [0.5, 0.6) is 0 Å². The van der Waals surface area contributed by atoms with Gasteiger partial charge in [-0.15, -0.1) is 0 Å². The van der Waals surface area contributed by atoms with Gasteiger partial charge in [0.05, 0.1) is 0 Å². The van der Waals surface area contributed by atoms with Gasteiger partial charge in [0.1, 0.15) is 5.78 Å². The summed E-state index contributed by atoms with van der Waals surface area (Å²) in [7, 11) is 0. The highest BCUT2D eigenvalue weighted by Gasteiger charge is 2.58.